The van der Waals surface area contributed by atoms with Gasteiger partial charge in [0.15, 0.2) is 0 Å². The van der Waals surface area contributed by atoms with Gasteiger partial charge in [0.25, 0.3) is 0 Å². The van der Waals surface area contributed by atoms with E-state index in [9.17, 15) is 4.79 Å². The molecule has 0 aromatic heterocycles. The fourth-order valence-electron chi connectivity index (χ4n) is 2.04. The summed E-state index contributed by atoms with van der Waals surface area (Å²) < 4.78 is 0. The Morgan fingerprint density at radius 3 is 2.42 bits per heavy atom. The van der Waals surface area contributed by atoms with E-state index in [4.69, 9.17) is 5.26 Å². The van der Waals surface area contributed by atoms with Gasteiger partial charge >= 0.3 is 0 Å². The topological polar surface area (TPSA) is 52.9 Å². The van der Waals surface area contributed by atoms with Crippen molar-refractivity contribution in [1.29, 1.82) is 5.26 Å². The first kappa shape index (κ1) is 15.2. The van der Waals surface area contributed by atoms with Gasteiger partial charge in [-0.2, -0.15) is 5.26 Å². The molecule has 0 aliphatic heterocycles. The van der Waals surface area contributed by atoms with E-state index in [-0.39, 0.29) is 5.91 Å². The van der Waals surface area contributed by atoms with Crippen LogP contribution >= 0.6 is 0 Å². The van der Waals surface area contributed by atoms with E-state index >= 15 is 0 Å². The lowest BCUT2D eigenvalue weighted by atomic mass is 9.94. The van der Waals surface area contributed by atoms with Crippen LogP contribution in [0.4, 0.5) is 0 Å². The summed E-state index contributed by atoms with van der Waals surface area (Å²) in [6.07, 6.45) is 3.46. The summed E-state index contributed by atoms with van der Waals surface area (Å²) in [5, 5.41) is 12.0. The monoisotopic (exact) mass is 258 g/mol. The summed E-state index contributed by atoms with van der Waals surface area (Å²) in [5.74, 6) is -0.0267. The van der Waals surface area contributed by atoms with Gasteiger partial charge in [-0.15, -0.1) is 0 Å². The van der Waals surface area contributed by atoms with E-state index in [2.05, 4.69) is 23.5 Å². The number of nitriles is 1. The fraction of sp³-hybridized carbons (Fsp3) is 0.500. The molecule has 3 nitrogen and oxygen atoms in total. The summed E-state index contributed by atoms with van der Waals surface area (Å²) in [6.45, 7) is 3.86. The van der Waals surface area contributed by atoms with Crippen LogP contribution in [0.2, 0.25) is 0 Å². The molecule has 3 heteroatoms. The molecule has 0 saturated carbocycles. The molecule has 0 spiro atoms. The van der Waals surface area contributed by atoms with Crippen molar-refractivity contribution in [2.45, 2.75) is 51.5 Å². The van der Waals surface area contributed by atoms with Crippen molar-refractivity contribution in [3.05, 3.63) is 35.9 Å². The first-order valence-electron chi connectivity index (χ1n) is 6.92. The van der Waals surface area contributed by atoms with Crippen molar-refractivity contribution in [3.63, 3.8) is 0 Å². The van der Waals surface area contributed by atoms with Gasteiger partial charge in [0, 0.05) is 6.42 Å². The van der Waals surface area contributed by atoms with Crippen molar-refractivity contribution in [2.75, 3.05) is 0 Å². The highest BCUT2D eigenvalue weighted by atomic mass is 16.1. The van der Waals surface area contributed by atoms with Gasteiger partial charge < -0.3 is 5.32 Å². The second-order valence-electron chi connectivity index (χ2n) is 4.79. The largest absolute Gasteiger partial charge is 0.338 e. The number of nitrogens with one attached hydrogen (secondary N) is 1. The number of amides is 1. The maximum Gasteiger partial charge on any atom is 0.221 e. The standard InChI is InChI=1S/C16H22N2O/c1-3-16(4-2,13-17)18-15(19)12-8-11-14-9-6-5-7-10-14/h5-7,9-10H,3-4,8,11-12H2,1-2H3,(H,18,19). The van der Waals surface area contributed by atoms with Crippen LogP contribution in [0.1, 0.15) is 45.1 Å². The summed E-state index contributed by atoms with van der Waals surface area (Å²) in [5.41, 5.74) is 0.553. The summed E-state index contributed by atoms with van der Waals surface area (Å²) >= 11 is 0. The molecule has 0 heterocycles. The van der Waals surface area contributed by atoms with Gasteiger partial charge in [-0.25, -0.2) is 0 Å². The Hall–Kier alpha value is -1.82. The Balaban J connectivity index is 2.38. The highest BCUT2D eigenvalue weighted by Crippen LogP contribution is 2.14. The number of benzene rings is 1. The van der Waals surface area contributed by atoms with Gasteiger partial charge in [-0.3, -0.25) is 4.79 Å². The Bertz CT molecular complexity index is 430. The van der Waals surface area contributed by atoms with Gasteiger partial charge in [-0.05, 0) is 31.2 Å². The Kier molecular flexibility index (Phi) is 6.08. The molecule has 102 valence electrons. The molecule has 1 aromatic rings. The quantitative estimate of drug-likeness (QED) is 0.816. The average Bonchev–Trinajstić information content (AvgIpc) is 2.46. The minimum absolute atomic E-state index is 0.0267. The summed E-state index contributed by atoms with van der Waals surface area (Å²) in [6, 6.07) is 12.3. The van der Waals surface area contributed by atoms with Gasteiger partial charge in [0.05, 0.1) is 6.07 Å². The van der Waals surface area contributed by atoms with Crippen LogP contribution in [0.15, 0.2) is 30.3 Å². The van der Waals surface area contributed by atoms with E-state index in [1.165, 1.54) is 5.56 Å². The lowest BCUT2D eigenvalue weighted by Gasteiger charge is -2.24. The van der Waals surface area contributed by atoms with Crippen LogP contribution < -0.4 is 5.32 Å². The van der Waals surface area contributed by atoms with Gasteiger partial charge in [0.1, 0.15) is 5.54 Å². The fourth-order valence-corrected chi connectivity index (χ4v) is 2.04. The first-order valence-corrected chi connectivity index (χ1v) is 6.92. The third-order valence-electron chi connectivity index (χ3n) is 3.51. The number of carbonyl (C=O) groups excluding carboxylic acids is 1. The van der Waals surface area contributed by atoms with Crippen molar-refractivity contribution >= 4 is 5.91 Å². The van der Waals surface area contributed by atoms with Gasteiger partial charge in [0.2, 0.25) is 5.91 Å². The molecule has 19 heavy (non-hydrogen) atoms. The summed E-state index contributed by atoms with van der Waals surface area (Å²) in [4.78, 5) is 11.9. The molecular weight excluding hydrogens is 236 g/mol. The van der Waals surface area contributed by atoms with Crippen molar-refractivity contribution in [3.8, 4) is 6.07 Å². The average molecular weight is 258 g/mol. The molecule has 0 aliphatic rings. The number of carbonyl (C=O) groups is 1. The smallest absolute Gasteiger partial charge is 0.221 e. The maximum absolute atomic E-state index is 11.9. The number of hydrogen-bond acceptors (Lipinski definition) is 2. The number of nitrogens with zero attached hydrogens (tertiary/aromatic N) is 1. The molecule has 1 aromatic carbocycles. The van der Waals surface area contributed by atoms with Crippen LogP contribution in [-0.4, -0.2) is 11.4 Å². The minimum Gasteiger partial charge on any atom is -0.338 e. The molecule has 1 rings (SSSR count). The zero-order valence-electron chi connectivity index (χ0n) is 11.8. The van der Waals surface area contributed by atoms with Crippen molar-refractivity contribution in [1.82, 2.24) is 5.32 Å². The van der Waals surface area contributed by atoms with Crippen LogP contribution in [0, 0.1) is 11.3 Å². The van der Waals surface area contributed by atoms with Crippen LogP contribution in [0.3, 0.4) is 0 Å². The van der Waals surface area contributed by atoms with E-state index in [1.54, 1.807) is 0 Å². The first-order chi connectivity index (χ1) is 9.15. The van der Waals surface area contributed by atoms with E-state index in [1.807, 2.05) is 32.0 Å². The normalized spacial score (nSPS) is 10.8. The molecule has 1 N–H and O–H groups in total. The number of aryl methyl sites for hydroxylation is 1. The zero-order chi connectivity index (χ0) is 14.1. The molecule has 0 aliphatic carbocycles. The molecule has 0 fully saturated rings. The summed E-state index contributed by atoms with van der Waals surface area (Å²) in [7, 11) is 0. The van der Waals surface area contributed by atoms with Crippen molar-refractivity contribution in [2.24, 2.45) is 0 Å². The third-order valence-corrected chi connectivity index (χ3v) is 3.51. The Morgan fingerprint density at radius 1 is 1.26 bits per heavy atom. The van der Waals surface area contributed by atoms with Crippen molar-refractivity contribution < 1.29 is 4.79 Å². The molecule has 0 bridgehead atoms. The molecule has 0 atom stereocenters. The second-order valence-corrected chi connectivity index (χ2v) is 4.79. The van der Waals surface area contributed by atoms with E-state index < -0.39 is 5.54 Å². The Labute approximate surface area is 115 Å². The molecule has 0 radical (unpaired) electrons. The van der Waals surface area contributed by atoms with Crippen LogP contribution in [-0.2, 0) is 11.2 Å². The lowest BCUT2D eigenvalue weighted by molar-refractivity contribution is -0.122. The predicted molar refractivity (Wildman–Crippen MR) is 76.4 cm³/mol. The SMILES string of the molecule is CCC(C#N)(CC)NC(=O)CCCc1ccccc1. The highest BCUT2D eigenvalue weighted by Gasteiger charge is 2.27. The van der Waals surface area contributed by atoms with Gasteiger partial charge in [-0.1, -0.05) is 44.2 Å². The van der Waals surface area contributed by atoms with E-state index in [0.717, 1.165) is 12.8 Å². The minimum atomic E-state index is -0.691. The molecule has 1 amide bonds. The number of hydrogen-bond donors (Lipinski definition) is 1. The maximum atomic E-state index is 11.9. The van der Waals surface area contributed by atoms with E-state index in [0.29, 0.717) is 19.3 Å². The highest BCUT2D eigenvalue weighted by molar-refractivity contribution is 5.77. The number of rotatable bonds is 7. The third kappa shape index (κ3) is 4.75. The van der Waals surface area contributed by atoms with Crippen LogP contribution in [0.25, 0.3) is 0 Å². The predicted octanol–water partition coefficient (Wildman–Crippen LogP) is 3.21. The zero-order valence-corrected chi connectivity index (χ0v) is 11.8. The molecular formula is C16H22N2O. The Morgan fingerprint density at radius 2 is 1.89 bits per heavy atom. The molecule has 0 unspecified atom stereocenters. The second kappa shape index (κ2) is 7.58. The molecule has 0 saturated heterocycles. The van der Waals surface area contributed by atoms with Crippen LogP contribution in [0.5, 0.6) is 0 Å². The lowest BCUT2D eigenvalue weighted by Crippen LogP contribution is -2.46.